The van der Waals surface area contributed by atoms with Gasteiger partial charge in [-0.05, 0) is 38.8 Å². The first-order valence-corrected chi connectivity index (χ1v) is 9.58. The average molecular weight is 468 g/mol. The fraction of sp³-hybridized carbons (Fsp3) is 0.562. The lowest BCUT2D eigenvalue weighted by Gasteiger charge is -2.12. The van der Waals surface area contributed by atoms with Gasteiger partial charge in [-0.25, -0.2) is 18.1 Å². The highest BCUT2D eigenvalue weighted by Crippen LogP contribution is 2.11. The number of nitrogens with one attached hydrogen (secondary N) is 3. The van der Waals surface area contributed by atoms with Gasteiger partial charge in [0.2, 0.25) is 10.0 Å². The number of sulfonamides is 1. The molecule has 0 bridgehead atoms. The number of halogens is 1. The summed E-state index contributed by atoms with van der Waals surface area (Å²) in [4.78, 5) is 4.55. The Labute approximate surface area is 163 Å². The van der Waals surface area contributed by atoms with E-state index in [0.29, 0.717) is 25.6 Å². The normalized spacial score (nSPS) is 11.8. The van der Waals surface area contributed by atoms with Gasteiger partial charge >= 0.3 is 0 Å². The van der Waals surface area contributed by atoms with E-state index in [0.717, 1.165) is 6.54 Å². The van der Waals surface area contributed by atoms with Crippen molar-refractivity contribution < 1.29 is 8.42 Å². The molecule has 0 aliphatic heterocycles. The molecule has 0 aliphatic carbocycles. The Bertz CT molecular complexity index is 633. The molecule has 6 nitrogen and oxygen atoms in total. The van der Waals surface area contributed by atoms with Gasteiger partial charge in [-0.2, -0.15) is 0 Å². The van der Waals surface area contributed by atoms with Crippen LogP contribution in [0.4, 0.5) is 0 Å². The van der Waals surface area contributed by atoms with Gasteiger partial charge in [-0.3, -0.25) is 0 Å². The molecule has 24 heavy (non-hydrogen) atoms. The molecule has 0 fully saturated rings. The van der Waals surface area contributed by atoms with Gasteiger partial charge in [0.05, 0.1) is 12.3 Å². The number of nitrogens with zero attached hydrogens (tertiary/aromatic N) is 1. The summed E-state index contributed by atoms with van der Waals surface area (Å²) in [7, 11) is -3.14. The quantitative estimate of drug-likeness (QED) is 0.236. The number of aryl methyl sites for hydroxylation is 2. The molecule has 0 saturated heterocycles. The van der Waals surface area contributed by atoms with Gasteiger partial charge in [-0.15, -0.1) is 24.0 Å². The van der Waals surface area contributed by atoms with Crippen molar-refractivity contribution in [2.45, 2.75) is 34.2 Å². The molecule has 0 unspecified atom stereocenters. The molecule has 0 heterocycles. The topological polar surface area (TPSA) is 82.6 Å². The fourth-order valence-electron chi connectivity index (χ4n) is 2.02. The van der Waals surface area contributed by atoms with Crippen molar-refractivity contribution in [2.75, 3.05) is 25.4 Å². The molecule has 0 saturated carbocycles. The van der Waals surface area contributed by atoms with E-state index in [1.54, 1.807) is 6.92 Å². The first kappa shape index (κ1) is 23.1. The number of guanidine groups is 1. The zero-order chi connectivity index (χ0) is 17.3. The molecule has 0 aromatic heterocycles. The Morgan fingerprint density at radius 1 is 1.12 bits per heavy atom. The van der Waals surface area contributed by atoms with Crippen LogP contribution in [0.15, 0.2) is 23.2 Å². The smallest absolute Gasteiger partial charge is 0.211 e. The molecule has 0 atom stereocenters. The van der Waals surface area contributed by atoms with Gasteiger partial charge in [-0.1, -0.05) is 23.8 Å². The lowest BCUT2D eigenvalue weighted by molar-refractivity contribution is 0.582. The second kappa shape index (κ2) is 11.6. The van der Waals surface area contributed by atoms with Crippen LogP contribution in [0.1, 0.15) is 30.5 Å². The summed E-state index contributed by atoms with van der Waals surface area (Å²) >= 11 is 0. The molecule has 8 heteroatoms. The van der Waals surface area contributed by atoms with E-state index in [1.807, 2.05) is 6.92 Å². The number of rotatable bonds is 8. The molecule has 0 amide bonds. The maximum absolute atomic E-state index is 11.4. The predicted octanol–water partition coefficient (Wildman–Crippen LogP) is 1.92. The lowest BCUT2D eigenvalue weighted by atomic mass is 10.1. The maximum Gasteiger partial charge on any atom is 0.211 e. The van der Waals surface area contributed by atoms with E-state index < -0.39 is 10.0 Å². The van der Waals surface area contributed by atoms with Crippen LogP contribution in [0.2, 0.25) is 0 Å². The van der Waals surface area contributed by atoms with Crippen LogP contribution < -0.4 is 15.4 Å². The number of benzene rings is 1. The molecule has 0 radical (unpaired) electrons. The fourth-order valence-corrected chi connectivity index (χ4v) is 2.64. The van der Waals surface area contributed by atoms with E-state index >= 15 is 0 Å². The third-order valence-electron chi connectivity index (χ3n) is 3.37. The number of aliphatic imine (C=N–C) groups is 1. The van der Waals surface area contributed by atoms with E-state index in [1.165, 1.54) is 16.7 Å². The van der Waals surface area contributed by atoms with Crippen molar-refractivity contribution in [3.05, 3.63) is 34.9 Å². The van der Waals surface area contributed by atoms with Gasteiger partial charge < -0.3 is 10.6 Å². The zero-order valence-electron chi connectivity index (χ0n) is 14.8. The second-order valence-electron chi connectivity index (χ2n) is 5.35. The van der Waals surface area contributed by atoms with Crippen LogP contribution in [0.5, 0.6) is 0 Å². The Kier molecular flexibility index (Phi) is 11.2. The summed E-state index contributed by atoms with van der Waals surface area (Å²) in [6, 6.07) is 6.32. The minimum Gasteiger partial charge on any atom is -0.357 e. The van der Waals surface area contributed by atoms with Crippen molar-refractivity contribution in [3.63, 3.8) is 0 Å². The first-order valence-electron chi connectivity index (χ1n) is 7.93. The van der Waals surface area contributed by atoms with Crippen molar-refractivity contribution in [1.82, 2.24) is 15.4 Å². The van der Waals surface area contributed by atoms with Crippen LogP contribution in [0.3, 0.4) is 0 Å². The summed E-state index contributed by atoms with van der Waals surface area (Å²) in [6.45, 7) is 9.92. The van der Waals surface area contributed by atoms with Gasteiger partial charge in [0, 0.05) is 19.6 Å². The molecule has 138 valence electrons. The SMILES string of the molecule is CCNC(=NCc1ccc(C)cc1C)NCCNS(=O)(=O)CC.I. The molecule has 1 aromatic rings. The van der Waals surface area contributed by atoms with Gasteiger partial charge in [0.1, 0.15) is 0 Å². The third-order valence-corrected chi connectivity index (χ3v) is 4.77. The highest BCUT2D eigenvalue weighted by molar-refractivity contribution is 14.0. The van der Waals surface area contributed by atoms with Crippen molar-refractivity contribution in [3.8, 4) is 0 Å². The average Bonchev–Trinajstić information content (AvgIpc) is 2.50. The lowest BCUT2D eigenvalue weighted by Crippen LogP contribution is -2.41. The highest BCUT2D eigenvalue weighted by Gasteiger charge is 2.05. The first-order chi connectivity index (χ1) is 10.9. The van der Waals surface area contributed by atoms with Crippen LogP contribution in [-0.4, -0.2) is 39.8 Å². The van der Waals surface area contributed by atoms with Crippen LogP contribution >= 0.6 is 24.0 Å². The second-order valence-corrected chi connectivity index (χ2v) is 7.45. The van der Waals surface area contributed by atoms with Crippen molar-refractivity contribution in [2.24, 2.45) is 4.99 Å². The molecular weight excluding hydrogens is 439 g/mol. The Morgan fingerprint density at radius 2 is 1.83 bits per heavy atom. The van der Waals surface area contributed by atoms with Gasteiger partial charge in [0.15, 0.2) is 5.96 Å². The minimum atomic E-state index is -3.14. The Balaban J connectivity index is 0.00000529. The molecule has 3 N–H and O–H groups in total. The summed E-state index contributed by atoms with van der Waals surface area (Å²) in [5, 5.41) is 6.29. The van der Waals surface area contributed by atoms with Crippen molar-refractivity contribution in [1.29, 1.82) is 0 Å². The van der Waals surface area contributed by atoms with Crippen LogP contribution in [0, 0.1) is 13.8 Å². The van der Waals surface area contributed by atoms with Gasteiger partial charge in [0.25, 0.3) is 0 Å². The Morgan fingerprint density at radius 3 is 2.42 bits per heavy atom. The summed E-state index contributed by atoms with van der Waals surface area (Å²) in [6.07, 6.45) is 0. The third kappa shape index (κ3) is 8.84. The molecular formula is C16H29IN4O2S. The van der Waals surface area contributed by atoms with E-state index in [-0.39, 0.29) is 29.7 Å². The standard InChI is InChI=1S/C16H28N4O2S.HI/c1-5-17-16(18-9-10-20-23(21,22)6-2)19-12-15-8-7-13(3)11-14(15)4;/h7-8,11,20H,5-6,9-10,12H2,1-4H3,(H2,17,18,19);1H. The maximum atomic E-state index is 11.4. The predicted molar refractivity (Wildman–Crippen MR) is 112 cm³/mol. The highest BCUT2D eigenvalue weighted by atomic mass is 127. The van der Waals surface area contributed by atoms with Crippen LogP contribution in [-0.2, 0) is 16.6 Å². The molecule has 1 rings (SSSR count). The van der Waals surface area contributed by atoms with Crippen molar-refractivity contribution >= 4 is 40.0 Å². The zero-order valence-corrected chi connectivity index (χ0v) is 18.0. The number of hydrogen-bond acceptors (Lipinski definition) is 3. The Hall–Kier alpha value is -0.870. The monoisotopic (exact) mass is 468 g/mol. The number of hydrogen-bond donors (Lipinski definition) is 3. The minimum absolute atomic E-state index is 0. The van der Waals surface area contributed by atoms with Crippen LogP contribution in [0.25, 0.3) is 0 Å². The van der Waals surface area contributed by atoms with E-state index in [9.17, 15) is 8.42 Å². The largest absolute Gasteiger partial charge is 0.357 e. The summed E-state index contributed by atoms with van der Waals surface area (Å²) in [5.74, 6) is 0.775. The molecule has 1 aromatic carbocycles. The van der Waals surface area contributed by atoms with E-state index in [2.05, 4.69) is 52.4 Å². The van der Waals surface area contributed by atoms with E-state index in [4.69, 9.17) is 0 Å². The summed E-state index contributed by atoms with van der Waals surface area (Å²) < 4.78 is 25.2. The molecule has 0 aliphatic rings. The summed E-state index contributed by atoms with van der Waals surface area (Å²) in [5.41, 5.74) is 3.64. The molecule has 0 spiro atoms.